The number of halogens is 1. The summed E-state index contributed by atoms with van der Waals surface area (Å²) in [6.45, 7) is 7.23. The molecule has 1 saturated heterocycles. The predicted molar refractivity (Wildman–Crippen MR) is 145 cm³/mol. The van der Waals surface area contributed by atoms with Crippen LogP contribution in [0, 0.1) is 5.82 Å². The number of fused-ring (bicyclic) bond motifs is 1. The maximum atomic E-state index is 15.1. The van der Waals surface area contributed by atoms with Crippen LogP contribution >= 0.6 is 0 Å². The molecule has 1 aliphatic rings. The zero-order chi connectivity index (χ0) is 27.4. The zero-order valence-electron chi connectivity index (χ0n) is 20.9. The Labute approximate surface area is 222 Å². The van der Waals surface area contributed by atoms with Gasteiger partial charge in [0.05, 0.1) is 12.3 Å². The molecular weight excluding hydrogens is 505 g/mol. The van der Waals surface area contributed by atoms with Crippen LogP contribution in [0.4, 0.5) is 27.5 Å². The molecule has 3 aromatic heterocycles. The number of rotatable bonds is 8. The number of amides is 1. The van der Waals surface area contributed by atoms with Crippen molar-refractivity contribution < 1.29 is 14.3 Å². The van der Waals surface area contributed by atoms with E-state index in [1.807, 2.05) is 6.07 Å². The Bertz CT molecular complexity index is 1580. The fourth-order valence-electron chi connectivity index (χ4n) is 4.27. The van der Waals surface area contributed by atoms with E-state index in [2.05, 4.69) is 46.9 Å². The van der Waals surface area contributed by atoms with Crippen LogP contribution in [0.5, 0.6) is 0 Å². The van der Waals surface area contributed by atoms with Gasteiger partial charge in [-0.25, -0.2) is 14.4 Å². The lowest BCUT2D eigenvalue weighted by Crippen LogP contribution is -2.47. The van der Waals surface area contributed by atoms with Crippen molar-refractivity contribution in [3.05, 3.63) is 77.7 Å². The van der Waals surface area contributed by atoms with E-state index in [-0.39, 0.29) is 35.1 Å². The molecule has 1 aromatic carbocycles. The first-order valence-corrected chi connectivity index (χ1v) is 12.2. The number of hydrogen-bond donors (Lipinski definition) is 3. The van der Waals surface area contributed by atoms with Gasteiger partial charge in [-0.15, -0.1) is 0 Å². The van der Waals surface area contributed by atoms with Gasteiger partial charge in [0.2, 0.25) is 11.9 Å². The van der Waals surface area contributed by atoms with Crippen molar-refractivity contribution in [3.63, 3.8) is 0 Å². The van der Waals surface area contributed by atoms with Gasteiger partial charge in [-0.2, -0.15) is 9.97 Å². The van der Waals surface area contributed by atoms with Gasteiger partial charge in [0.1, 0.15) is 29.2 Å². The first kappa shape index (κ1) is 25.9. The van der Waals surface area contributed by atoms with Crippen molar-refractivity contribution in [2.45, 2.75) is 0 Å². The van der Waals surface area contributed by atoms with E-state index in [1.165, 1.54) is 23.2 Å². The highest BCUT2D eigenvalue weighted by Crippen LogP contribution is 2.25. The summed E-state index contributed by atoms with van der Waals surface area (Å²) in [6.07, 6.45) is 3.72. The summed E-state index contributed by atoms with van der Waals surface area (Å²) in [4.78, 5) is 45.2. The minimum Gasteiger partial charge on any atom is -0.395 e. The molecule has 0 atom stereocenters. The zero-order valence-corrected chi connectivity index (χ0v) is 20.9. The number of piperazine rings is 1. The lowest BCUT2D eigenvalue weighted by Gasteiger charge is -2.35. The summed E-state index contributed by atoms with van der Waals surface area (Å²) in [7, 11) is 0. The summed E-state index contributed by atoms with van der Waals surface area (Å²) < 4.78 is 16.6. The molecule has 0 unspecified atom stereocenters. The molecule has 39 heavy (non-hydrogen) atoms. The molecule has 5 rings (SSSR count). The van der Waals surface area contributed by atoms with Crippen LogP contribution in [0.15, 0.2) is 66.4 Å². The summed E-state index contributed by atoms with van der Waals surface area (Å²) >= 11 is 0. The highest BCUT2D eigenvalue weighted by Gasteiger charge is 2.18. The first-order chi connectivity index (χ1) is 18.9. The number of nitrogens with one attached hydrogen (secondary N) is 2. The number of carbonyl (C=O) groups excluding carboxylic acids is 1. The Hall–Kier alpha value is -4.75. The minimum atomic E-state index is -0.529. The predicted octanol–water partition coefficient (Wildman–Crippen LogP) is 1.69. The van der Waals surface area contributed by atoms with Crippen molar-refractivity contribution in [1.29, 1.82) is 0 Å². The van der Waals surface area contributed by atoms with Gasteiger partial charge >= 0.3 is 0 Å². The van der Waals surface area contributed by atoms with Gasteiger partial charge in [-0.05, 0) is 36.4 Å². The van der Waals surface area contributed by atoms with Crippen LogP contribution in [0.1, 0.15) is 0 Å². The number of aromatic nitrogens is 5. The minimum absolute atomic E-state index is 0.0715. The van der Waals surface area contributed by atoms with Gasteiger partial charge in [-0.3, -0.25) is 19.1 Å². The number of nitrogens with zero attached hydrogens (tertiary/aromatic N) is 7. The standard InChI is InChI=1S/C26H26FN9O3/c1-2-23(38)32-21-4-3-5-22(31-21)36-16-29-25(39)18-15-28-26(33-24(18)36)30-20-7-6-17(14-19(20)27)35-10-8-34(9-11-35)12-13-37/h2-7,14-16,37H,1,8-13H2,(H,28,30,33)(H,31,32,38). The molecule has 4 aromatic rings. The van der Waals surface area contributed by atoms with Crippen molar-refractivity contribution in [3.8, 4) is 5.82 Å². The van der Waals surface area contributed by atoms with E-state index in [0.29, 0.717) is 12.4 Å². The molecule has 0 bridgehead atoms. The Morgan fingerprint density at radius 1 is 1.13 bits per heavy atom. The average Bonchev–Trinajstić information content (AvgIpc) is 2.95. The highest BCUT2D eigenvalue weighted by molar-refractivity contribution is 5.98. The Morgan fingerprint density at radius 2 is 1.95 bits per heavy atom. The van der Waals surface area contributed by atoms with Crippen LogP contribution in [0.25, 0.3) is 16.9 Å². The van der Waals surface area contributed by atoms with Crippen LogP contribution < -0.4 is 21.1 Å². The van der Waals surface area contributed by atoms with Gasteiger partial charge in [-0.1, -0.05) is 12.6 Å². The second-order valence-corrected chi connectivity index (χ2v) is 8.77. The normalized spacial score (nSPS) is 13.8. The van der Waals surface area contributed by atoms with Crippen molar-refractivity contribution >= 4 is 40.1 Å². The molecule has 1 amide bonds. The number of benzene rings is 1. The molecule has 0 spiro atoms. The van der Waals surface area contributed by atoms with Crippen molar-refractivity contribution in [2.75, 3.05) is 54.9 Å². The largest absolute Gasteiger partial charge is 0.395 e. The molecule has 0 radical (unpaired) electrons. The molecule has 4 heterocycles. The lowest BCUT2D eigenvalue weighted by molar-refractivity contribution is -0.111. The molecule has 13 heteroatoms. The molecule has 1 fully saturated rings. The summed E-state index contributed by atoms with van der Waals surface area (Å²) in [5.74, 6) is -0.216. The van der Waals surface area contributed by atoms with E-state index in [1.54, 1.807) is 24.3 Å². The van der Waals surface area contributed by atoms with Gasteiger partial charge < -0.3 is 20.6 Å². The molecule has 0 saturated carbocycles. The number of pyridine rings is 1. The topological polar surface area (TPSA) is 141 Å². The van der Waals surface area contributed by atoms with Crippen LogP contribution in [0.2, 0.25) is 0 Å². The maximum absolute atomic E-state index is 15.1. The average molecular weight is 532 g/mol. The van der Waals surface area contributed by atoms with Crippen molar-refractivity contribution in [2.24, 2.45) is 0 Å². The second kappa shape index (κ2) is 11.3. The van der Waals surface area contributed by atoms with Gasteiger partial charge in [0, 0.05) is 44.6 Å². The van der Waals surface area contributed by atoms with E-state index < -0.39 is 17.3 Å². The van der Waals surface area contributed by atoms with E-state index in [4.69, 9.17) is 5.11 Å². The number of aliphatic hydroxyl groups is 1. The molecule has 1 aliphatic heterocycles. The summed E-state index contributed by atoms with van der Waals surface area (Å²) in [6, 6.07) is 9.83. The third kappa shape index (κ3) is 5.73. The summed E-state index contributed by atoms with van der Waals surface area (Å²) in [5, 5.41) is 14.7. The van der Waals surface area contributed by atoms with Crippen LogP contribution in [-0.2, 0) is 4.79 Å². The molecular formula is C26H26FN9O3. The number of β-amino-alcohol motifs (C(OH)–C–C–N with tert-alkyl or cyclic N) is 1. The fourth-order valence-corrected chi connectivity index (χ4v) is 4.27. The van der Waals surface area contributed by atoms with E-state index >= 15 is 4.39 Å². The maximum Gasteiger partial charge on any atom is 0.283 e. The smallest absolute Gasteiger partial charge is 0.283 e. The highest BCUT2D eigenvalue weighted by atomic mass is 19.1. The van der Waals surface area contributed by atoms with E-state index in [9.17, 15) is 9.59 Å². The Kier molecular flexibility index (Phi) is 7.52. The number of hydrogen-bond acceptors (Lipinski definition) is 10. The third-order valence-corrected chi connectivity index (χ3v) is 6.29. The third-order valence-electron chi connectivity index (χ3n) is 6.29. The number of carbonyl (C=O) groups is 1. The summed E-state index contributed by atoms with van der Waals surface area (Å²) in [5.41, 5.74) is 0.603. The van der Waals surface area contributed by atoms with Crippen LogP contribution in [0.3, 0.4) is 0 Å². The van der Waals surface area contributed by atoms with Gasteiger partial charge in [0.25, 0.3) is 5.56 Å². The Balaban J connectivity index is 1.41. The molecule has 12 nitrogen and oxygen atoms in total. The molecule has 3 N–H and O–H groups in total. The number of anilines is 4. The molecule has 200 valence electrons. The first-order valence-electron chi connectivity index (χ1n) is 12.2. The number of aliphatic hydroxyl groups excluding tert-OH is 1. The second-order valence-electron chi connectivity index (χ2n) is 8.77. The van der Waals surface area contributed by atoms with E-state index in [0.717, 1.165) is 37.9 Å². The van der Waals surface area contributed by atoms with Gasteiger partial charge in [0.15, 0.2) is 5.65 Å². The Morgan fingerprint density at radius 3 is 2.69 bits per heavy atom. The quantitative estimate of drug-likeness (QED) is 0.288. The van der Waals surface area contributed by atoms with Crippen LogP contribution in [-0.4, -0.2) is 79.7 Å². The monoisotopic (exact) mass is 531 g/mol. The van der Waals surface area contributed by atoms with Crippen molar-refractivity contribution in [1.82, 2.24) is 29.4 Å². The SMILES string of the molecule is C=CC(=O)Nc1cccc(-n2cnc(=O)c3cnc(Nc4ccc(N5CCN(CCO)CC5)cc4F)nc32)n1. The lowest BCUT2D eigenvalue weighted by atomic mass is 10.2. The fraction of sp³-hybridized carbons (Fsp3) is 0.231. The molecule has 0 aliphatic carbocycles.